The third-order valence-electron chi connectivity index (χ3n) is 3.91. The zero-order valence-corrected chi connectivity index (χ0v) is 14.9. The van der Waals surface area contributed by atoms with Gasteiger partial charge in [0.15, 0.2) is 0 Å². The van der Waals surface area contributed by atoms with E-state index in [4.69, 9.17) is 5.11 Å². The lowest BCUT2D eigenvalue weighted by molar-refractivity contribution is -0.124. The molecule has 0 aromatic heterocycles. The summed E-state index contributed by atoms with van der Waals surface area (Å²) in [7, 11) is 0. The fourth-order valence-electron chi connectivity index (χ4n) is 2.44. The van der Waals surface area contributed by atoms with Crippen molar-refractivity contribution >= 4 is 29.5 Å². The third-order valence-corrected chi connectivity index (χ3v) is 4.93. The quantitative estimate of drug-likeness (QED) is 0.804. The molecule has 0 radical (unpaired) electrons. The van der Waals surface area contributed by atoms with Crippen LogP contribution in [0.5, 0.6) is 0 Å². The molecule has 1 aromatic carbocycles. The highest BCUT2D eigenvalue weighted by Crippen LogP contribution is 2.24. The third kappa shape index (κ3) is 4.72. The molecule has 8 heteroatoms. The van der Waals surface area contributed by atoms with Crippen LogP contribution in [0, 0.1) is 11.7 Å². The molecular weight excluding hydrogens is 347 g/mol. The zero-order valence-electron chi connectivity index (χ0n) is 14.1. The van der Waals surface area contributed by atoms with E-state index in [1.54, 1.807) is 0 Å². The molecule has 1 aliphatic heterocycles. The number of hydrogen-bond donors (Lipinski definition) is 2. The number of thioether (sulfide) groups is 1. The van der Waals surface area contributed by atoms with Crippen molar-refractivity contribution < 1.29 is 23.9 Å². The van der Waals surface area contributed by atoms with Gasteiger partial charge in [0, 0.05) is 12.3 Å². The first-order chi connectivity index (χ1) is 11.8. The second kappa shape index (κ2) is 8.33. The Morgan fingerprint density at radius 3 is 2.72 bits per heavy atom. The van der Waals surface area contributed by atoms with Gasteiger partial charge in [-0.1, -0.05) is 13.8 Å². The van der Waals surface area contributed by atoms with E-state index in [1.165, 1.54) is 22.7 Å². The number of halogens is 1. The molecule has 0 aliphatic carbocycles. The van der Waals surface area contributed by atoms with E-state index < -0.39 is 23.7 Å². The molecule has 6 nitrogen and oxygen atoms in total. The number of carboxylic acids is 1. The molecule has 2 amide bonds. The topological polar surface area (TPSA) is 86.7 Å². The van der Waals surface area contributed by atoms with Crippen molar-refractivity contribution in [3.8, 4) is 0 Å². The first-order valence-corrected chi connectivity index (χ1v) is 9.16. The number of nitrogens with zero attached hydrogens (tertiary/aromatic N) is 1. The zero-order chi connectivity index (χ0) is 18.6. The predicted molar refractivity (Wildman–Crippen MR) is 93.1 cm³/mol. The number of carbonyl (C=O) groups is 3. The van der Waals surface area contributed by atoms with E-state index in [0.717, 1.165) is 18.6 Å². The Kier molecular flexibility index (Phi) is 6.41. The first kappa shape index (κ1) is 19.2. The smallest absolute Gasteiger partial charge is 0.335 e. The Morgan fingerprint density at radius 1 is 1.40 bits per heavy atom. The van der Waals surface area contributed by atoms with Crippen molar-refractivity contribution in [3.05, 3.63) is 35.1 Å². The lowest BCUT2D eigenvalue weighted by Crippen LogP contribution is -2.47. The van der Waals surface area contributed by atoms with Gasteiger partial charge in [-0.15, -0.1) is 11.8 Å². The molecule has 1 fully saturated rings. The average molecular weight is 368 g/mol. The van der Waals surface area contributed by atoms with Crippen LogP contribution in [0.25, 0.3) is 0 Å². The van der Waals surface area contributed by atoms with Crippen LogP contribution in [0.4, 0.5) is 4.39 Å². The van der Waals surface area contributed by atoms with Gasteiger partial charge in [-0.25, -0.2) is 9.18 Å². The summed E-state index contributed by atoms with van der Waals surface area (Å²) in [6.07, 6.45) is 0.838. The first-order valence-electron chi connectivity index (χ1n) is 8.00. The molecule has 1 aliphatic rings. The van der Waals surface area contributed by atoms with Gasteiger partial charge in [-0.3, -0.25) is 9.59 Å². The van der Waals surface area contributed by atoms with E-state index in [1.807, 2.05) is 0 Å². The summed E-state index contributed by atoms with van der Waals surface area (Å²) < 4.78 is 14.1. The number of aromatic carboxylic acids is 1. The highest BCUT2D eigenvalue weighted by atomic mass is 32.2. The second-order valence-corrected chi connectivity index (χ2v) is 7.26. The Morgan fingerprint density at radius 2 is 2.12 bits per heavy atom. The van der Waals surface area contributed by atoms with Crippen LogP contribution in [-0.2, 0) is 4.79 Å². The molecule has 1 unspecified atom stereocenters. The Hall–Kier alpha value is -2.09. The summed E-state index contributed by atoms with van der Waals surface area (Å²) >= 11 is 1.42. The molecule has 0 spiro atoms. The number of amides is 2. The van der Waals surface area contributed by atoms with Crippen LogP contribution in [0.3, 0.4) is 0 Å². The molecule has 1 aromatic rings. The second-order valence-electron chi connectivity index (χ2n) is 6.26. The summed E-state index contributed by atoms with van der Waals surface area (Å²) in [6, 6.07) is 2.50. The fraction of sp³-hybridized carbons (Fsp3) is 0.471. The largest absolute Gasteiger partial charge is 0.478 e. The van der Waals surface area contributed by atoms with Crippen molar-refractivity contribution in [3.63, 3.8) is 0 Å². The van der Waals surface area contributed by atoms with E-state index in [2.05, 4.69) is 19.2 Å². The minimum Gasteiger partial charge on any atom is -0.478 e. The molecule has 0 bridgehead atoms. The molecule has 1 saturated heterocycles. The maximum atomic E-state index is 14.1. The van der Waals surface area contributed by atoms with Gasteiger partial charge in [-0.2, -0.15) is 0 Å². The van der Waals surface area contributed by atoms with E-state index in [9.17, 15) is 18.8 Å². The van der Waals surface area contributed by atoms with Gasteiger partial charge >= 0.3 is 5.97 Å². The monoisotopic (exact) mass is 368 g/mol. The summed E-state index contributed by atoms with van der Waals surface area (Å²) in [6.45, 7) is 4.63. The molecular formula is C17H21FN2O4S. The molecule has 1 atom stereocenters. The van der Waals surface area contributed by atoms with Gasteiger partial charge in [-0.05, 0) is 30.5 Å². The molecule has 2 rings (SSSR count). The number of carboxylic acid groups (broad SMARTS) is 1. The number of nitrogens with one attached hydrogen (secondary N) is 1. The van der Waals surface area contributed by atoms with Gasteiger partial charge in [0.2, 0.25) is 5.91 Å². The van der Waals surface area contributed by atoms with Crippen LogP contribution >= 0.6 is 11.8 Å². The Bertz CT molecular complexity index is 681. The summed E-state index contributed by atoms with van der Waals surface area (Å²) in [5.41, 5.74) is -0.458. The molecule has 0 saturated carbocycles. The Labute approximate surface area is 149 Å². The van der Waals surface area contributed by atoms with Crippen LogP contribution in [0.2, 0.25) is 0 Å². The van der Waals surface area contributed by atoms with Gasteiger partial charge in [0.05, 0.1) is 17.0 Å². The van der Waals surface area contributed by atoms with Crippen molar-refractivity contribution in [1.29, 1.82) is 0 Å². The molecule has 136 valence electrons. The number of carbonyl (C=O) groups excluding carboxylic acids is 2. The minimum atomic E-state index is -1.27. The maximum absolute atomic E-state index is 14.1. The number of benzene rings is 1. The summed E-state index contributed by atoms with van der Waals surface area (Å²) in [4.78, 5) is 37.1. The summed E-state index contributed by atoms with van der Waals surface area (Å²) in [5, 5.41) is 11.7. The fourth-order valence-corrected chi connectivity index (χ4v) is 3.59. The molecule has 25 heavy (non-hydrogen) atoms. The average Bonchev–Trinajstić information content (AvgIpc) is 3.03. The highest BCUT2D eigenvalue weighted by Gasteiger charge is 2.35. The normalized spacial score (nSPS) is 17.0. The van der Waals surface area contributed by atoms with Crippen molar-refractivity contribution in [2.45, 2.75) is 26.3 Å². The SMILES string of the molecule is CC(C)CCNC(=O)C1CSCN1C(=O)c1ccc(C(=O)O)cc1F. The minimum absolute atomic E-state index is 0.229. The van der Waals surface area contributed by atoms with Crippen molar-refractivity contribution in [2.24, 2.45) is 5.92 Å². The van der Waals surface area contributed by atoms with E-state index in [-0.39, 0.29) is 17.0 Å². The maximum Gasteiger partial charge on any atom is 0.335 e. The Balaban J connectivity index is 2.10. The van der Waals surface area contributed by atoms with Crippen LogP contribution < -0.4 is 5.32 Å². The van der Waals surface area contributed by atoms with Crippen LogP contribution in [0.15, 0.2) is 18.2 Å². The van der Waals surface area contributed by atoms with Gasteiger partial charge in [0.1, 0.15) is 11.9 Å². The molecule has 2 N–H and O–H groups in total. The standard InChI is InChI=1S/C17H21FN2O4S/c1-10(2)5-6-19-15(21)14-8-25-9-20(14)16(22)12-4-3-11(17(23)24)7-13(12)18/h3-4,7,10,14H,5-6,8-9H2,1-2H3,(H,19,21)(H,23,24). The number of hydrogen-bond acceptors (Lipinski definition) is 4. The van der Waals surface area contributed by atoms with Crippen LogP contribution in [0.1, 0.15) is 41.0 Å². The number of rotatable bonds is 6. The predicted octanol–water partition coefficient (Wildman–Crippen LogP) is 2.20. The summed E-state index contributed by atoms with van der Waals surface area (Å²) in [5.74, 6) is -1.82. The van der Waals surface area contributed by atoms with Crippen LogP contribution in [-0.4, -0.2) is 52.0 Å². The van der Waals surface area contributed by atoms with E-state index in [0.29, 0.717) is 24.1 Å². The van der Waals surface area contributed by atoms with Gasteiger partial charge in [0.25, 0.3) is 5.91 Å². The van der Waals surface area contributed by atoms with Crippen molar-refractivity contribution in [1.82, 2.24) is 10.2 Å². The van der Waals surface area contributed by atoms with Gasteiger partial charge < -0.3 is 15.3 Å². The highest BCUT2D eigenvalue weighted by molar-refractivity contribution is 7.99. The lowest BCUT2D eigenvalue weighted by Gasteiger charge is -2.23. The van der Waals surface area contributed by atoms with E-state index >= 15 is 0 Å². The lowest BCUT2D eigenvalue weighted by atomic mass is 10.1. The van der Waals surface area contributed by atoms with Crippen molar-refractivity contribution in [2.75, 3.05) is 18.2 Å². The molecule has 1 heterocycles.